The van der Waals surface area contributed by atoms with E-state index in [1.165, 1.54) is 138 Å². The van der Waals surface area contributed by atoms with Crippen LogP contribution in [0.1, 0.15) is 117 Å². The molecule has 0 radical (unpaired) electrons. The fourth-order valence-electron chi connectivity index (χ4n) is 11.0. The van der Waals surface area contributed by atoms with Crippen molar-refractivity contribution in [1.82, 2.24) is 0 Å². The zero-order valence-electron chi connectivity index (χ0n) is 48.2. The van der Waals surface area contributed by atoms with Crippen LogP contribution < -0.4 is 18.9 Å². The zero-order valence-corrected chi connectivity index (χ0v) is 52.3. The summed E-state index contributed by atoms with van der Waals surface area (Å²) in [6.45, 7) is 24.4. The van der Waals surface area contributed by atoms with Crippen LogP contribution in [0.5, 0.6) is 0 Å². The van der Waals surface area contributed by atoms with Gasteiger partial charge in [-0.05, 0) is 190 Å². The third-order valence-electron chi connectivity index (χ3n) is 14.9. The minimum atomic E-state index is -4.02. The summed E-state index contributed by atoms with van der Waals surface area (Å²) in [6.07, 6.45) is 22.9. The Morgan fingerprint density at radius 1 is 0.646 bits per heavy atom. The number of unbranched alkanes of at least 4 members (excludes halogenated alkanes) is 2. The highest BCUT2D eigenvalue weighted by atomic mass is 32.2. The van der Waals surface area contributed by atoms with E-state index in [9.17, 15) is 8.42 Å². The normalized spacial score (nSPS) is 18.9. The SMILES string of the molecule is CCCCC[n+]1c(C=C2C=C(C=C3Sc4cc(C)ccc4N3CC)CC(C)(C)C2)sc2cc(C)ccc21.Cc1ccc(S(=O)(=O)O)cc1.Cc1ccc2c(c1)S/C(=C\C1=CC(=C/c3sc4cc(C)ccc4[n+]3C)/CC(C)C1)N2C. The van der Waals surface area contributed by atoms with Crippen LogP contribution in [0.3, 0.4) is 0 Å². The molecule has 1 N–H and O–H groups in total. The molecule has 0 saturated carbocycles. The van der Waals surface area contributed by atoms with Crippen LogP contribution in [-0.4, -0.2) is 26.6 Å². The minimum Gasteiger partial charge on any atom is -0.338 e. The Balaban J connectivity index is 0.000000162. The maximum absolute atomic E-state index is 10.5. The minimum absolute atomic E-state index is 0.0666. The van der Waals surface area contributed by atoms with Crippen molar-refractivity contribution in [3.63, 3.8) is 0 Å². The summed E-state index contributed by atoms with van der Waals surface area (Å²) in [4.78, 5) is 7.48. The molecule has 0 fully saturated rings. The molecule has 1 atom stereocenters. The first-order valence-corrected chi connectivity index (χ1v) is 32.5. The van der Waals surface area contributed by atoms with E-state index >= 15 is 0 Å². The molecular formula is C67H78N4O3S5+2. The van der Waals surface area contributed by atoms with E-state index in [0.717, 1.165) is 44.3 Å². The highest BCUT2D eigenvalue weighted by Gasteiger charge is 2.30. The van der Waals surface area contributed by atoms with E-state index in [1.54, 1.807) is 12.1 Å². The van der Waals surface area contributed by atoms with Gasteiger partial charge in [-0.2, -0.15) is 17.6 Å². The largest absolute Gasteiger partial charge is 0.338 e. The summed E-state index contributed by atoms with van der Waals surface area (Å²) in [5.74, 6) is 0.659. The highest BCUT2D eigenvalue weighted by molar-refractivity contribution is 8.04. The van der Waals surface area contributed by atoms with E-state index in [-0.39, 0.29) is 10.3 Å². The molecule has 2 aliphatic heterocycles. The number of thioether (sulfide) groups is 2. The maximum atomic E-state index is 10.5. The van der Waals surface area contributed by atoms with Crippen molar-refractivity contribution in [3.05, 3.63) is 192 Å². The Kier molecular flexibility index (Phi) is 18.2. The number of aryl methyl sites for hydroxylation is 7. The van der Waals surface area contributed by atoms with E-state index in [0.29, 0.717) is 5.92 Å². The summed E-state index contributed by atoms with van der Waals surface area (Å²) in [5.41, 5.74) is 17.7. The molecule has 0 saturated heterocycles. The first-order valence-electron chi connectivity index (χ1n) is 27.8. The Hall–Kier alpha value is -5.47. The molecule has 2 aliphatic carbocycles. The average molecular weight is 1150 g/mol. The first-order chi connectivity index (χ1) is 37.6. The van der Waals surface area contributed by atoms with Gasteiger partial charge in [-0.15, -0.1) is 0 Å². The van der Waals surface area contributed by atoms with Gasteiger partial charge in [0.15, 0.2) is 6.54 Å². The van der Waals surface area contributed by atoms with Gasteiger partial charge in [0.25, 0.3) is 20.1 Å². The summed E-state index contributed by atoms with van der Waals surface area (Å²) >= 11 is 7.66. The lowest BCUT2D eigenvalue weighted by Crippen LogP contribution is -2.35. The molecule has 5 aromatic carbocycles. The molecule has 7 nitrogen and oxygen atoms in total. The number of fused-ring (bicyclic) bond motifs is 4. The van der Waals surface area contributed by atoms with Crippen LogP contribution in [0.15, 0.2) is 168 Å². The highest BCUT2D eigenvalue weighted by Crippen LogP contribution is 2.49. The molecule has 7 aromatic rings. The van der Waals surface area contributed by atoms with Gasteiger partial charge in [-0.25, -0.2) is 0 Å². The molecule has 4 heterocycles. The molecular weight excluding hydrogens is 1070 g/mol. The van der Waals surface area contributed by atoms with Gasteiger partial charge in [-0.3, -0.25) is 4.55 Å². The summed E-state index contributed by atoms with van der Waals surface area (Å²) in [5, 5.41) is 5.39. The monoisotopic (exact) mass is 1150 g/mol. The van der Waals surface area contributed by atoms with Crippen molar-refractivity contribution in [2.75, 3.05) is 23.4 Å². The average Bonchev–Trinajstić information content (AvgIpc) is 4.24. The number of allylic oxidation sites excluding steroid dienone is 8. The second kappa shape index (κ2) is 24.7. The second-order valence-electron chi connectivity index (χ2n) is 22.9. The van der Waals surface area contributed by atoms with Crippen molar-refractivity contribution in [1.29, 1.82) is 0 Å². The fraction of sp³-hybridized carbons (Fsp3) is 0.343. The van der Waals surface area contributed by atoms with E-state index in [4.69, 9.17) is 4.55 Å². The Morgan fingerprint density at radius 2 is 1.20 bits per heavy atom. The smallest absolute Gasteiger partial charge is 0.294 e. The molecule has 2 aromatic heterocycles. The van der Waals surface area contributed by atoms with E-state index in [1.807, 2.05) is 53.1 Å². The summed E-state index contributed by atoms with van der Waals surface area (Å²) in [6, 6.07) is 33.2. The molecule has 0 amide bonds. The Bertz CT molecular complexity index is 3740. The number of rotatable bonds is 10. The van der Waals surface area contributed by atoms with Crippen molar-refractivity contribution in [3.8, 4) is 0 Å². The number of aromatic nitrogens is 2. The molecule has 412 valence electrons. The zero-order chi connectivity index (χ0) is 56.3. The molecule has 0 spiro atoms. The quantitative estimate of drug-likeness (QED) is 0.0831. The van der Waals surface area contributed by atoms with Crippen molar-refractivity contribution in [2.24, 2.45) is 18.4 Å². The fourth-order valence-corrected chi connectivity index (χ4v) is 16.5. The second-order valence-corrected chi connectivity index (χ2v) is 28.5. The van der Waals surface area contributed by atoms with Crippen molar-refractivity contribution < 1.29 is 22.1 Å². The van der Waals surface area contributed by atoms with Gasteiger partial charge in [0.05, 0.1) is 26.3 Å². The van der Waals surface area contributed by atoms with Crippen molar-refractivity contribution in [2.45, 2.75) is 135 Å². The Morgan fingerprint density at radius 3 is 1.87 bits per heavy atom. The lowest BCUT2D eigenvalue weighted by molar-refractivity contribution is -0.669. The van der Waals surface area contributed by atoms with Gasteiger partial charge in [-0.1, -0.05) is 134 Å². The van der Waals surface area contributed by atoms with Gasteiger partial charge in [0, 0.05) is 54.1 Å². The van der Waals surface area contributed by atoms with Gasteiger partial charge in [0.1, 0.15) is 16.4 Å². The number of nitrogens with zero attached hydrogens (tertiary/aromatic N) is 4. The van der Waals surface area contributed by atoms with Crippen LogP contribution in [-0.2, 0) is 23.7 Å². The standard InChI is InChI=1S/C33H41N2S2.C27H29N2S2.C7H8O3S/c1-7-9-10-15-35-28-14-12-24(4)17-30(28)37-32(35)20-26-18-25(21-33(5,6)22-26)19-31-34(8-2)27-13-11-23(3)16-29(27)36-31;1-17-6-8-22-24(12-17)30-26(28(22)4)15-20-10-19(3)11-21(14-20)16-27-29(5)23-9-7-18(2)13-25(23)31-27;1-6-2-4-7(5-3-6)11(8,9)10/h11-14,16-20H,7-10,15,21-22H2,1-6H3;6-9,12-16,19H,10-11H2,1-5H3;2-5H,1H3,(H,8,9,10)/q2*+1;. The molecule has 0 bridgehead atoms. The van der Waals surface area contributed by atoms with Crippen LogP contribution in [0, 0.1) is 46.0 Å². The number of thiazole rings is 2. The van der Waals surface area contributed by atoms with Crippen LogP contribution in [0.4, 0.5) is 11.4 Å². The number of benzene rings is 5. The molecule has 1 unspecified atom stereocenters. The number of anilines is 2. The first kappa shape index (κ1) is 58.2. The Labute approximate surface area is 487 Å². The van der Waals surface area contributed by atoms with Crippen LogP contribution in [0.2, 0.25) is 0 Å². The topological polar surface area (TPSA) is 68.6 Å². The molecule has 79 heavy (non-hydrogen) atoms. The summed E-state index contributed by atoms with van der Waals surface area (Å²) in [7, 11) is 0.347. The summed E-state index contributed by atoms with van der Waals surface area (Å²) < 4.78 is 37.2. The predicted molar refractivity (Wildman–Crippen MR) is 340 cm³/mol. The molecule has 11 rings (SSSR count). The lowest BCUT2D eigenvalue weighted by Gasteiger charge is -2.31. The van der Waals surface area contributed by atoms with Crippen LogP contribution in [0.25, 0.3) is 32.6 Å². The van der Waals surface area contributed by atoms with E-state index < -0.39 is 10.1 Å². The molecule has 4 aliphatic rings. The van der Waals surface area contributed by atoms with Crippen molar-refractivity contribution >= 4 is 100 Å². The third kappa shape index (κ3) is 14.2. The van der Waals surface area contributed by atoms with Gasteiger partial charge in [0.2, 0.25) is 11.0 Å². The van der Waals surface area contributed by atoms with Crippen LogP contribution >= 0.6 is 46.2 Å². The lowest BCUT2D eigenvalue weighted by atomic mass is 9.75. The van der Waals surface area contributed by atoms with E-state index in [2.05, 4.69) is 205 Å². The predicted octanol–water partition coefficient (Wildman–Crippen LogP) is 18.0. The van der Waals surface area contributed by atoms with Gasteiger partial charge < -0.3 is 9.80 Å². The number of hydrogen-bond acceptors (Lipinski definition) is 8. The van der Waals surface area contributed by atoms with Gasteiger partial charge >= 0.3 is 0 Å². The number of hydrogen-bond donors (Lipinski definition) is 1. The maximum Gasteiger partial charge on any atom is 0.294 e. The molecule has 12 heteroatoms. The third-order valence-corrected chi connectivity index (χ3v) is 20.3.